The monoisotopic (exact) mass is 264 g/mol. The van der Waals surface area contributed by atoms with Gasteiger partial charge in [-0.05, 0) is 39.2 Å². The molecule has 0 fully saturated rings. The van der Waals surface area contributed by atoms with Gasteiger partial charge >= 0.3 is 0 Å². The lowest BCUT2D eigenvalue weighted by Gasteiger charge is -2.20. The summed E-state index contributed by atoms with van der Waals surface area (Å²) in [5.41, 5.74) is 0.544. The van der Waals surface area contributed by atoms with Gasteiger partial charge in [-0.25, -0.2) is 0 Å². The molecule has 1 aromatic rings. The molecule has 1 aliphatic heterocycles. The first-order valence-electron chi connectivity index (χ1n) is 6.50. The van der Waals surface area contributed by atoms with Gasteiger partial charge in [-0.1, -0.05) is 6.07 Å². The molecule has 104 valence electrons. The number of nitrogens with one attached hydrogen (secondary N) is 1. The summed E-state index contributed by atoms with van der Waals surface area (Å²) >= 11 is 0. The van der Waals surface area contributed by atoms with Crippen LogP contribution in [0.2, 0.25) is 0 Å². The maximum absolute atomic E-state index is 12.1. The lowest BCUT2D eigenvalue weighted by Crippen LogP contribution is -2.28. The molecule has 1 aromatic carbocycles. The Kier molecular flexibility index (Phi) is 4.63. The second-order valence-electron chi connectivity index (χ2n) is 4.74. The minimum atomic E-state index is -0.110. The molecule has 1 heterocycles. The highest BCUT2D eigenvalue weighted by Gasteiger charge is 2.19. The van der Waals surface area contributed by atoms with E-state index in [1.54, 1.807) is 6.07 Å². The number of amides is 1. The van der Waals surface area contributed by atoms with Crippen molar-refractivity contribution in [3.8, 4) is 11.5 Å². The van der Waals surface area contributed by atoms with E-state index < -0.39 is 0 Å². The number of carbonyl (C=O) groups is 1. The summed E-state index contributed by atoms with van der Waals surface area (Å²) in [6, 6.07) is 5.38. The van der Waals surface area contributed by atoms with Crippen molar-refractivity contribution in [1.82, 2.24) is 10.2 Å². The van der Waals surface area contributed by atoms with Gasteiger partial charge in [0, 0.05) is 6.54 Å². The fourth-order valence-electron chi connectivity index (χ4n) is 1.94. The predicted octanol–water partition coefficient (Wildman–Crippen LogP) is 1.14. The number of carbonyl (C=O) groups excluding carboxylic acids is 1. The van der Waals surface area contributed by atoms with E-state index in [0.717, 1.165) is 13.0 Å². The molecule has 1 N–H and O–H groups in total. The number of hydrogen-bond acceptors (Lipinski definition) is 4. The molecule has 0 aromatic heterocycles. The maximum atomic E-state index is 12.1. The molecule has 0 bridgehead atoms. The average molecular weight is 264 g/mol. The molecule has 0 saturated heterocycles. The van der Waals surface area contributed by atoms with Crippen LogP contribution < -0.4 is 14.8 Å². The fraction of sp³-hybridized carbons (Fsp3) is 0.500. The Morgan fingerprint density at radius 1 is 1.32 bits per heavy atom. The van der Waals surface area contributed by atoms with Crippen LogP contribution >= 0.6 is 0 Å². The van der Waals surface area contributed by atoms with Gasteiger partial charge in [0.25, 0.3) is 5.91 Å². The third kappa shape index (κ3) is 3.61. The maximum Gasteiger partial charge on any atom is 0.255 e. The van der Waals surface area contributed by atoms with Crippen LogP contribution in [0.5, 0.6) is 11.5 Å². The summed E-state index contributed by atoms with van der Waals surface area (Å²) < 4.78 is 11.0. The van der Waals surface area contributed by atoms with E-state index in [1.807, 2.05) is 26.2 Å². The number of nitrogens with zero attached hydrogens (tertiary/aromatic N) is 1. The zero-order valence-electron chi connectivity index (χ0n) is 11.4. The molecule has 19 heavy (non-hydrogen) atoms. The van der Waals surface area contributed by atoms with Gasteiger partial charge in [-0.3, -0.25) is 4.79 Å². The number of para-hydroxylation sites is 1. The van der Waals surface area contributed by atoms with Gasteiger partial charge in [0.05, 0.1) is 5.56 Å². The normalized spacial score (nSPS) is 13.4. The molecule has 0 unspecified atom stereocenters. The van der Waals surface area contributed by atoms with Crippen LogP contribution in [-0.2, 0) is 0 Å². The fourth-order valence-corrected chi connectivity index (χ4v) is 1.94. The molecule has 0 spiro atoms. The van der Waals surface area contributed by atoms with Crippen molar-refractivity contribution in [1.29, 1.82) is 0 Å². The highest BCUT2D eigenvalue weighted by atomic mass is 16.6. The van der Waals surface area contributed by atoms with Crippen LogP contribution in [0.1, 0.15) is 16.8 Å². The van der Waals surface area contributed by atoms with Gasteiger partial charge in [0.15, 0.2) is 11.5 Å². The molecule has 2 rings (SSSR count). The topological polar surface area (TPSA) is 50.8 Å². The van der Waals surface area contributed by atoms with E-state index >= 15 is 0 Å². The molecule has 5 heteroatoms. The van der Waals surface area contributed by atoms with Crippen LogP contribution in [0.4, 0.5) is 0 Å². The third-order valence-corrected chi connectivity index (χ3v) is 2.88. The van der Waals surface area contributed by atoms with Crippen LogP contribution in [0.25, 0.3) is 0 Å². The van der Waals surface area contributed by atoms with Crippen molar-refractivity contribution in [3.05, 3.63) is 23.8 Å². The Labute approximate surface area is 113 Å². The SMILES string of the molecule is CN(C)CCCNC(=O)c1cccc2c1OCCO2. The van der Waals surface area contributed by atoms with Crippen molar-refractivity contribution >= 4 is 5.91 Å². The second kappa shape index (κ2) is 6.43. The van der Waals surface area contributed by atoms with E-state index in [9.17, 15) is 4.79 Å². The van der Waals surface area contributed by atoms with Gasteiger partial charge in [0.2, 0.25) is 0 Å². The lowest BCUT2D eigenvalue weighted by molar-refractivity contribution is 0.0941. The summed E-state index contributed by atoms with van der Waals surface area (Å²) in [7, 11) is 4.03. The zero-order chi connectivity index (χ0) is 13.7. The molecule has 5 nitrogen and oxygen atoms in total. The minimum Gasteiger partial charge on any atom is -0.486 e. The number of rotatable bonds is 5. The summed E-state index contributed by atoms with van der Waals surface area (Å²) in [6.45, 7) is 2.62. The first-order valence-corrected chi connectivity index (χ1v) is 6.50. The lowest BCUT2D eigenvalue weighted by atomic mass is 10.1. The standard InChI is InChI=1S/C14H20N2O3/c1-16(2)8-4-7-15-14(17)11-5-3-6-12-13(11)19-10-9-18-12/h3,5-6H,4,7-10H2,1-2H3,(H,15,17). The summed E-state index contributed by atoms with van der Waals surface area (Å²) in [4.78, 5) is 14.2. The van der Waals surface area contributed by atoms with Crippen LogP contribution in [0, 0.1) is 0 Å². The molecular formula is C14H20N2O3. The summed E-state index contributed by atoms with van der Waals surface area (Å²) in [5.74, 6) is 1.09. The Bertz CT molecular complexity index is 446. The molecule has 0 saturated carbocycles. The van der Waals surface area contributed by atoms with E-state index in [-0.39, 0.29) is 5.91 Å². The molecular weight excluding hydrogens is 244 g/mol. The number of hydrogen-bond donors (Lipinski definition) is 1. The molecule has 0 radical (unpaired) electrons. The Hall–Kier alpha value is -1.75. The highest BCUT2D eigenvalue weighted by molar-refractivity contribution is 5.97. The van der Waals surface area contributed by atoms with Crippen molar-refractivity contribution < 1.29 is 14.3 Å². The van der Waals surface area contributed by atoms with Crippen molar-refractivity contribution in [3.63, 3.8) is 0 Å². The second-order valence-corrected chi connectivity index (χ2v) is 4.74. The number of benzene rings is 1. The predicted molar refractivity (Wildman–Crippen MR) is 72.9 cm³/mol. The van der Waals surface area contributed by atoms with Crippen molar-refractivity contribution in [2.45, 2.75) is 6.42 Å². The molecule has 0 atom stereocenters. The number of fused-ring (bicyclic) bond motifs is 1. The first kappa shape index (κ1) is 13.7. The van der Waals surface area contributed by atoms with Crippen molar-refractivity contribution in [2.24, 2.45) is 0 Å². The average Bonchev–Trinajstić information content (AvgIpc) is 2.42. The Morgan fingerprint density at radius 2 is 2.11 bits per heavy atom. The molecule has 1 amide bonds. The Balaban J connectivity index is 1.95. The first-order chi connectivity index (χ1) is 9.18. The van der Waals surface area contributed by atoms with Crippen molar-refractivity contribution in [2.75, 3.05) is 40.4 Å². The van der Waals surface area contributed by atoms with E-state index in [0.29, 0.717) is 36.8 Å². The third-order valence-electron chi connectivity index (χ3n) is 2.88. The summed E-state index contributed by atoms with van der Waals surface area (Å²) in [6.07, 6.45) is 0.922. The van der Waals surface area contributed by atoms with Crippen LogP contribution in [0.3, 0.4) is 0 Å². The van der Waals surface area contributed by atoms with Crippen LogP contribution in [-0.4, -0.2) is 51.2 Å². The minimum absolute atomic E-state index is 0.110. The zero-order valence-corrected chi connectivity index (χ0v) is 11.4. The highest BCUT2D eigenvalue weighted by Crippen LogP contribution is 2.33. The largest absolute Gasteiger partial charge is 0.486 e. The molecule has 0 aliphatic carbocycles. The number of ether oxygens (including phenoxy) is 2. The van der Waals surface area contributed by atoms with Gasteiger partial charge in [-0.2, -0.15) is 0 Å². The summed E-state index contributed by atoms with van der Waals surface area (Å²) in [5, 5.41) is 2.90. The quantitative estimate of drug-likeness (QED) is 0.810. The van der Waals surface area contributed by atoms with Gasteiger partial charge < -0.3 is 19.7 Å². The Morgan fingerprint density at radius 3 is 2.89 bits per heavy atom. The van der Waals surface area contributed by atoms with E-state index in [2.05, 4.69) is 10.2 Å². The van der Waals surface area contributed by atoms with Gasteiger partial charge in [-0.15, -0.1) is 0 Å². The van der Waals surface area contributed by atoms with Crippen LogP contribution in [0.15, 0.2) is 18.2 Å². The van der Waals surface area contributed by atoms with E-state index in [4.69, 9.17) is 9.47 Å². The smallest absolute Gasteiger partial charge is 0.255 e. The van der Waals surface area contributed by atoms with E-state index in [1.165, 1.54) is 0 Å². The van der Waals surface area contributed by atoms with Gasteiger partial charge in [0.1, 0.15) is 13.2 Å². The molecule has 1 aliphatic rings.